The van der Waals surface area contributed by atoms with Crippen LogP contribution in [0.5, 0.6) is 11.6 Å². The average molecular weight is 715 g/mol. The smallest absolute Gasteiger partial charge is 0.309 e. The predicted octanol–water partition coefficient (Wildman–Crippen LogP) is 5.75. The lowest BCUT2D eigenvalue weighted by atomic mass is 9.88. The van der Waals surface area contributed by atoms with Gasteiger partial charge in [0, 0.05) is 67.4 Å². The van der Waals surface area contributed by atoms with Crippen molar-refractivity contribution in [3.63, 3.8) is 0 Å². The zero-order chi connectivity index (χ0) is 34.7. The SMILES string of the molecule is COc1cc(-c2cccc(-c3cccc(-c4cnc(CN5CC6(CCC(=O)N6)C5)c(OC)n4)c3Cl)c2Cl)cc2c1CC(N1CC(C(=O)O)C1)C2. The molecule has 4 aliphatic rings. The van der Waals surface area contributed by atoms with E-state index in [0.717, 1.165) is 66.0 Å². The van der Waals surface area contributed by atoms with Crippen LogP contribution < -0.4 is 14.8 Å². The molecule has 258 valence electrons. The molecule has 0 saturated carbocycles. The van der Waals surface area contributed by atoms with Crippen molar-refractivity contribution in [3.8, 4) is 45.1 Å². The van der Waals surface area contributed by atoms with Crippen LogP contribution in [-0.4, -0.2) is 88.7 Å². The van der Waals surface area contributed by atoms with Crippen LogP contribution in [0.15, 0.2) is 54.7 Å². The van der Waals surface area contributed by atoms with Crippen LogP contribution >= 0.6 is 23.2 Å². The average Bonchev–Trinajstić information content (AvgIpc) is 3.67. The van der Waals surface area contributed by atoms with Gasteiger partial charge in [0.15, 0.2) is 0 Å². The molecule has 2 N–H and O–H groups in total. The number of aliphatic carboxylic acids is 1. The number of ether oxygens (including phenoxy) is 2. The molecule has 3 aliphatic heterocycles. The first-order valence-electron chi connectivity index (χ1n) is 16.8. The molecular formula is C38H37Cl2N5O5. The van der Waals surface area contributed by atoms with Gasteiger partial charge in [-0.15, -0.1) is 0 Å². The number of methoxy groups -OCH3 is 2. The Bertz CT molecular complexity index is 2030. The highest BCUT2D eigenvalue weighted by Gasteiger charge is 2.47. The lowest BCUT2D eigenvalue weighted by molar-refractivity contribution is -0.148. The molecule has 50 heavy (non-hydrogen) atoms. The van der Waals surface area contributed by atoms with Gasteiger partial charge >= 0.3 is 5.97 Å². The molecule has 0 radical (unpaired) electrons. The number of hydrogen-bond acceptors (Lipinski definition) is 8. The number of nitrogens with zero attached hydrogens (tertiary/aromatic N) is 4. The number of hydrogen-bond donors (Lipinski definition) is 2. The maximum absolute atomic E-state index is 11.7. The normalized spacial score (nSPS) is 19.9. The number of amides is 1. The third-order valence-corrected chi connectivity index (χ3v) is 11.5. The first-order valence-corrected chi connectivity index (χ1v) is 17.6. The van der Waals surface area contributed by atoms with E-state index in [9.17, 15) is 14.7 Å². The molecule has 4 aromatic rings. The van der Waals surface area contributed by atoms with Crippen molar-refractivity contribution in [1.29, 1.82) is 0 Å². The molecule has 4 heterocycles. The Morgan fingerprint density at radius 1 is 1.00 bits per heavy atom. The minimum absolute atomic E-state index is 0.108. The number of carboxylic acids is 1. The van der Waals surface area contributed by atoms with Gasteiger partial charge < -0.3 is 19.9 Å². The van der Waals surface area contributed by atoms with Gasteiger partial charge in [-0.25, -0.2) is 4.98 Å². The van der Waals surface area contributed by atoms with Crippen LogP contribution in [-0.2, 0) is 29.0 Å². The molecule has 10 nitrogen and oxygen atoms in total. The molecule has 1 aliphatic carbocycles. The van der Waals surface area contributed by atoms with Crippen molar-refractivity contribution in [1.82, 2.24) is 25.1 Å². The first kappa shape index (κ1) is 33.0. The topological polar surface area (TPSA) is 117 Å². The Balaban J connectivity index is 1.05. The second kappa shape index (κ2) is 12.8. The highest BCUT2D eigenvalue weighted by atomic mass is 35.5. The highest BCUT2D eigenvalue weighted by Crippen LogP contribution is 2.45. The number of halogens is 2. The summed E-state index contributed by atoms with van der Waals surface area (Å²) < 4.78 is 11.5. The van der Waals surface area contributed by atoms with Crippen molar-refractivity contribution >= 4 is 35.1 Å². The third-order valence-electron chi connectivity index (χ3n) is 10.7. The summed E-state index contributed by atoms with van der Waals surface area (Å²) in [6, 6.07) is 16.2. The van der Waals surface area contributed by atoms with Crippen LogP contribution in [0.1, 0.15) is 29.7 Å². The predicted molar refractivity (Wildman–Crippen MR) is 191 cm³/mol. The van der Waals surface area contributed by atoms with Crippen molar-refractivity contribution < 1.29 is 24.2 Å². The van der Waals surface area contributed by atoms with Crippen molar-refractivity contribution in [2.45, 2.75) is 43.8 Å². The summed E-state index contributed by atoms with van der Waals surface area (Å²) in [5.74, 6) is 0.355. The van der Waals surface area contributed by atoms with E-state index in [-0.39, 0.29) is 23.4 Å². The summed E-state index contributed by atoms with van der Waals surface area (Å²) >= 11 is 14.3. The largest absolute Gasteiger partial charge is 0.496 e. The van der Waals surface area contributed by atoms with E-state index in [2.05, 4.69) is 21.2 Å². The van der Waals surface area contributed by atoms with Gasteiger partial charge in [-0.1, -0.05) is 65.7 Å². The van der Waals surface area contributed by atoms with Crippen LogP contribution in [0.25, 0.3) is 33.5 Å². The number of fused-ring (bicyclic) bond motifs is 1. The van der Waals surface area contributed by atoms with Crippen LogP contribution in [0.2, 0.25) is 10.0 Å². The monoisotopic (exact) mass is 713 g/mol. The zero-order valence-electron chi connectivity index (χ0n) is 27.8. The summed E-state index contributed by atoms with van der Waals surface area (Å²) in [6.45, 7) is 3.31. The minimum atomic E-state index is -0.726. The van der Waals surface area contributed by atoms with Crippen molar-refractivity contribution in [2.24, 2.45) is 5.92 Å². The van der Waals surface area contributed by atoms with Gasteiger partial charge in [0.1, 0.15) is 11.4 Å². The van der Waals surface area contributed by atoms with Crippen LogP contribution in [0.3, 0.4) is 0 Å². The number of rotatable bonds is 9. The van der Waals surface area contributed by atoms with Gasteiger partial charge in [-0.05, 0) is 42.0 Å². The Morgan fingerprint density at radius 3 is 2.36 bits per heavy atom. The number of likely N-dealkylation sites (tertiary alicyclic amines) is 2. The summed E-state index contributed by atoms with van der Waals surface area (Å²) in [7, 11) is 3.27. The number of carbonyl (C=O) groups excluding carboxylic acids is 1. The summed E-state index contributed by atoms with van der Waals surface area (Å²) in [6.07, 6.45) is 4.83. The van der Waals surface area contributed by atoms with Crippen molar-refractivity contribution in [3.05, 3.63) is 81.6 Å². The molecule has 12 heteroatoms. The molecule has 3 saturated heterocycles. The zero-order valence-corrected chi connectivity index (χ0v) is 29.4. The molecule has 8 rings (SSSR count). The Hall–Kier alpha value is -4.22. The lowest BCUT2D eigenvalue weighted by Gasteiger charge is -2.47. The second-order valence-electron chi connectivity index (χ2n) is 13.9. The van der Waals surface area contributed by atoms with Gasteiger partial charge in [0.2, 0.25) is 11.8 Å². The molecule has 0 bridgehead atoms. The van der Waals surface area contributed by atoms with E-state index in [0.29, 0.717) is 53.2 Å². The number of carboxylic acid groups (broad SMARTS) is 1. The Labute approximate surface area is 300 Å². The van der Waals surface area contributed by atoms with Gasteiger partial charge in [0.05, 0.1) is 47.6 Å². The summed E-state index contributed by atoms with van der Waals surface area (Å²) in [4.78, 5) is 37.1. The number of benzene rings is 3. The van der Waals surface area contributed by atoms with E-state index < -0.39 is 5.97 Å². The van der Waals surface area contributed by atoms with E-state index >= 15 is 0 Å². The molecular weight excluding hydrogens is 677 g/mol. The first-order chi connectivity index (χ1) is 24.1. The molecule has 3 fully saturated rings. The van der Waals surface area contributed by atoms with E-state index in [1.54, 1.807) is 20.4 Å². The van der Waals surface area contributed by atoms with Gasteiger partial charge in [-0.2, -0.15) is 0 Å². The second-order valence-corrected chi connectivity index (χ2v) is 14.6. The highest BCUT2D eigenvalue weighted by molar-refractivity contribution is 6.39. The van der Waals surface area contributed by atoms with E-state index in [4.69, 9.17) is 42.6 Å². The molecule has 3 aromatic carbocycles. The molecule has 1 aromatic heterocycles. The Kier molecular flexibility index (Phi) is 8.46. The number of nitrogens with one attached hydrogen (secondary N) is 1. The fourth-order valence-electron chi connectivity index (χ4n) is 8.08. The van der Waals surface area contributed by atoms with Crippen LogP contribution in [0.4, 0.5) is 0 Å². The molecule has 1 unspecified atom stereocenters. The number of aromatic nitrogens is 2. The van der Waals surface area contributed by atoms with Gasteiger partial charge in [0.25, 0.3) is 0 Å². The summed E-state index contributed by atoms with van der Waals surface area (Å²) in [5, 5.41) is 13.5. The van der Waals surface area contributed by atoms with Crippen LogP contribution in [0, 0.1) is 5.92 Å². The molecule has 1 atom stereocenters. The lowest BCUT2D eigenvalue weighted by Crippen LogP contribution is -2.66. The number of carbonyl (C=O) groups is 2. The van der Waals surface area contributed by atoms with Crippen molar-refractivity contribution in [2.75, 3.05) is 40.4 Å². The summed E-state index contributed by atoms with van der Waals surface area (Å²) in [5.41, 5.74) is 7.64. The maximum atomic E-state index is 11.7. The fraction of sp³-hybridized carbons (Fsp3) is 0.368. The quantitative estimate of drug-likeness (QED) is 0.224. The molecule has 1 amide bonds. The Morgan fingerprint density at radius 2 is 1.70 bits per heavy atom. The molecule has 1 spiro atoms. The van der Waals surface area contributed by atoms with Gasteiger partial charge in [-0.3, -0.25) is 24.4 Å². The maximum Gasteiger partial charge on any atom is 0.309 e. The fourth-order valence-corrected chi connectivity index (χ4v) is 8.75. The minimum Gasteiger partial charge on any atom is -0.496 e. The van der Waals surface area contributed by atoms with E-state index in [1.165, 1.54) is 11.1 Å². The van der Waals surface area contributed by atoms with E-state index in [1.807, 2.05) is 42.5 Å². The standard InChI is InChI=1S/C38H37Cl2N5O5/c1-49-32-13-22(11-21-12-24(14-29(21)32)45-16-23(17-45)37(47)48)25-5-3-6-26(34(25)39)27-7-4-8-28(35(27)40)30-15-41-31(36(42-30)50-2)18-44-19-38(20-44)10-9-33(46)43-38/h3-8,11,13,15,23-24H,9-10,12,14,16-20H2,1-2H3,(H,43,46)(H,47,48). The third kappa shape index (κ3) is 5.78.